The summed E-state index contributed by atoms with van der Waals surface area (Å²) >= 11 is 4.44. The molecule has 0 aliphatic heterocycles. The topological polar surface area (TPSA) is 17.8 Å². The van der Waals surface area contributed by atoms with Crippen molar-refractivity contribution in [3.05, 3.63) is 65.0 Å². The summed E-state index contributed by atoms with van der Waals surface area (Å²) in [4.78, 5) is 4.74. The molecule has 0 aliphatic carbocycles. The summed E-state index contributed by atoms with van der Waals surface area (Å²) in [6.45, 7) is 5.13. The Morgan fingerprint density at radius 3 is 2.43 bits per heavy atom. The Kier molecular flexibility index (Phi) is 4.02. The van der Waals surface area contributed by atoms with Crippen LogP contribution in [-0.2, 0) is 18.7 Å². The number of thiol groups is 1. The van der Waals surface area contributed by atoms with E-state index in [1.165, 1.54) is 22.2 Å². The molecule has 0 amide bonds. The lowest BCUT2D eigenvalue weighted by Crippen LogP contribution is -2.03. The Hall–Kier alpha value is -1.74. The molecule has 3 heteroatoms. The second-order valence-corrected chi connectivity index (χ2v) is 5.75. The van der Waals surface area contributed by atoms with Crippen LogP contribution in [0.1, 0.15) is 29.4 Å². The van der Waals surface area contributed by atoms with Crippen molar-refractivity contribution < 1.29 is 0 Å². The van der Waals surface area contributed by atoms with E-state index in [1.54, 1.807) is 0 Å². The number of hydrogen-bond acceptors (Lipinski definition) is 2. The van der Waals surface area contributed by atoms with E-state index in [-0.39, 0.29) is 0 Å². The van der Waals surface area contributed by atoms with Crippen LogP contribution in [0.4, 0.5) is 0 Å². The van der Waals surface area contributed by atoms with Crippen LogP contribution in [0.3, 0.4) is 0 Å². The first-order valence-corrected chi connectivity index (χ1v) is 7.99. The van der Waals surface area contributed by atoms with Crippen LogP contribution in [0.5, 0.6) is 0 Å². The molecule has 0 spiro atoms. The smallest absolute Gasteiger partial charge is 0.119 e. The van der Waals surface area contributed by atoms with E-state index in [9.17, 15) is 0 Å². The molecule has 0 radical (unpaired) electrons. The molecule has 1 heterocycles. The Morgan fingerprint density at radius 1 is 1.05 bits per heavy atom. The van der Waals surface area contributed by atoms with Crippen LogP contribution in [0.15, 0.2) is 42.5 Å². The Morgan fingerprint density at radius 2 is 1.76 bits per heavy atom. The van der Waals surface area contributed by atoms with Crippen LogP contribution in [0.2, 0.25) is 0 Å². The first-order chi connectivity index (χ1) is 10.2. The highest BCUT2D eigenvalue weighted by molar-refractivity contribution is 7.79. The predicted octanol–water partition coefficient (Wildman–Crippen LogP) is 4.39. The molecule has 0 saturated carbocycles. The molecule has 0 atom stereocenters. The zero-order valence-corrected chi connectivity index (χ0v) is 13.4. The van der Waals surface area contributed by atoms with Gasteiger partial charge in [-0.25, -0.2) is 4.98 Å². The van der Waals surface area contributed by atoms with Crippen molar-refractivity contribution in [2.24, 2.45) is 0 Å². The average Bonchev–Trinajstić information content (AvgIpc) is 2.86. The first-order valence-electron chi connectivity index (χ1n) is 7.35. The highest BCUT2D eigenvalue weighted by Crippen LogP contribution is 2.21. The van der Waals surface area contributed by atoms with Gasteiger partial charge in [0.05, 0.1) is 11.0 Å². The summed E-state index contributed by atoms with van der Waals surface area (Å²) in [5.74, 6) is 1.68. The normalized spacial score (nSPS) is 11.2. The number of benzene rings is 2. The monoisotopic (exact) mass is 296 g/mol. The van der Waals surface area contributed by atoms with Gasteiger partial charge in [-0.15, -0.1) is 0 Å². The van der Waals surface area contributed by atoms with Gasteiger partial charge in [-0.05, 0) is 36.6 Å². The van der Waals surface area contributed by atoms with Crippen molar-refractivity contribution in [1.29, 1.82) is 0 Å². The maximum atomic E-state index is 4.74. The summed E-state index contributed by atoms with van der Waals surface area (Å²) in [7, 11) is 0. The molecular weight excluding hydrogens is 276 g/mol. The van der Waals surface area contributed by atoms with Gasteiger partial charge in [0, 0.05) is 12.3 Å². The number of rotatable bonds is 4. The zero-order chi connectivity index (χ0) is 14.8. The predicted molar refractivity (Wildman–Crippen MR) is 92.1 cm³/mol. The standard InChI is InChI=1S/C18H20N2S/c1-3-14-8-9-17-16(10-14)19-18(12-21)20(17)11-15-6-4-13(2)5-7-15/h4-10,21H,3,11-12H2,1-2H3. The number of nitrogens with zero attached hydrogens (tertiary/aromatic N) is 2. The molecule has 2 nitrogen and oxygen atoms in total. The molecule has 0 N–H and O–H groups in total. The van der Waals surface area contributed by atoms with Crippen LogP contribution >= 0.6 is 12.6 Å². The van der Waals surface area contributed by atoms with E-state index in [4.69, 9.17) is 4.98 Å². The molecule has 3 rings (SSSR count). The van der Waals surface area contributed by atoms with Crippen molar-refractivity contribution in [2.75, 3.05) is 0 Å². The van der Waals surface area contributed by atoms with Gasteiger partial charge in [-0.2, -0.15) is 12.6 Å². The fourth-order valence-electron chi connectivity index (χ4n) is 2.62. The Bertz CT molecular complexity index is 757. The lowest BCUT2D eigenvalue weighted by molar-refractivity contribution is 0.781. The van der Waals surface area contributed by atoms with Crippen LogP contribution < -0.4 is 0 Å². The Balaban J connectivity index is 2.05. The fourth-order valence-corrected chi connectivity index (χ4v) is 2.86. The molecular formula is C18H20N2S. The van der Waals surface area contributed by atoms with Crippen molar-refractivity contribution in [3.8, 4) is 0 Å². The van der Waals surface area contributed by atoms with Gasteiger partial charge in [-0.3, -0.25) is 0 Å². The molecule has 0 bridgehead atoms. The quantitative estimate of drug-likeness (QED) is 0.707. The van der Waals surface area contributed by atoms with Gasteiger partial charge < -0.3 is 4.57 Å². The SMILES string of the molecule is CCc1ccc2c(c1)nc(CS)n2Cc1ccc(C)cc1. The second kappa shape index (κ2) is 5.94. The van der Waals surface area contributed by atoms with Crippen molar-refractivity contribution >= 4 is 23.7 Å². The Labute approximate surface area is 131 Å². The number of imidazole rings is 1. The second-order valence-electron chi connectivity index (χ2n) is 5.43. The van der Waals surface area contributed by atoms with Crippen LogP contribution in [-0.4, -0.2) is 9.55 Å². The van der Waals surface area contributed by atoms with Crippen molar-refractivity contribution in [1.82, 2.24) is 9.55 Å². The lowest BCUT2D eigenvalue weighted by Gasteiger charge is -2.09. The summed E-state index contributed by atoms with van der Waals surface area (Å²) in [6, 6.07) is 15.2. The molecule has 2 aromatic carbocycles. The van der Waals surface area contributed by atoms with Crippen LogP contribution in [0.25, 0.3) is 11.0 Å². The third-order valence-electron chi connectivity index (χ3n) is 3.90. The maximum absolute atomic E-state index is 4.74. The van der Waals surface area contributed by atoms with Gasteiger partial charge in [0.25, 0.3) is 0 Å². The molecule has 108 valence electrons. The van der Waals surface area contributed by atoms with Gasteiger partial charge in [0.1, 0.15) is 5.82 Å². The van der Waals surface area contributed by atoms with Crippen molar-refractivity contribution in [2.45, 2.75) is 32.6 Å². The number of hydrogen-bond donors (Lipinski definition) is 1. The molecule has 0 unspecified atom stereocenters. The minimum Gasteiger partial charge on any atom is -0.323 e. The number of aryl methyl sites for hydroxylation is 2. The van der Waals surface area contributed by atoms with Crippen LogP contribution in [0, 0.1) is 6.92 Å². The van der Waals surface area contributed by atoms with E-state index in [1.807, 2.05) is 0 Å². The summed E-state index contributed by atoms with van der Waals surface area (Å²) in [5.41, 5.74) is 6.18. The number of aromatic nitrogens is 2. The van der Waals surface area contributed by atoms with E-state index in [0.717, 1.165) is 24.3 Å². The average molecular weight is 296 g/mol. The fraction of sp³-hybridized carbons (Fsp3) is 0.278. The highest BCUT2D eigenvalue weighted by atomic mass is 32.1. The highest BCUT2D eigenvalue weighted by Gasteiger charge is 2.10. The molecule has 0 aliphatic rings. The molecule has 3 aromatic rings. The van der Waals surface area contributed by atoms with E-state index < -0.39 is 0 Å². The summed E-state index contributed by atoms with van der Waals surface area (Å²) in [5, 5.41) is 0. The molecule has 21 heavy (non-hydrogen) atoms. The van der Waals surface area contributed by atoms with Gasteiger partial charge in [0.2, 0.25) is 0 Å². The zero-order valence-electron chi connectivity index (χ0n) is 12.5. The van der Waals surface area contributed by atoms with E-state index in [0.29, 0.717) is 5.75 Å². The van der Waals surface area contributed by atoms with Gasteiger partial charge >= 0.3 is 0 Å². The van der Waals surface area contributed by atoms with Gasteiger partial charge in [-0.1, -0.05) is 42.8 Å². The minimum atomic E-state index is 0.655. The minimum absolute atomic E-state index is 0.655. The van der Waals surface area contributed by atoms with Gasteiger partial charge in [0.15, 0.2) is 0 Å². The molecule has 0 saturated heterocycles. The number of fused-ring (bicyclic) bond motifs is 1. The van der Waals surface area contributed by atoms with E-state index in [2.05, 4.69) is 73.5 Å². The maximum Gasteiger partial charge on any atom is 0.119 e. The third-order valence-corrected chi connectivity index (χ3v) is 4.19. The first kappa shape index (κ1) is 14.2. The summed E-state index contributed by atoms with van der Waals surface area (Å²) < 4.78 is 2.27. The molecule has 0 fully saturated rings. The van der Waals surface area contributed by atoms with Crippen molar-refractivity contribution in [3.63, 3.8) is 0 Å². The molecule has 1 aromatic heterocycles. The lowest BCUT2D eigenvalue weighted by atomic mass is 10.1. The third kappa shape index (κ3) is 2.84. The summed E-state index contributed by atoms with van der Waals surface area (Å²) in [6.07, 6.45) is 1.04. The van der Waals surface area contributed by atoms with E-state index >= 15 is 0 Å². The largest absolute Gasteiger partial charge is 0.323 e.